The lowest BCUT2D eigenvalue weighted by molar-refractivity contribution is 0.0954. The molecule has 1 saturated carbocycles. The topological polar surface area (TPSA) is 54.4 Å². The number of aromatic nitrogens is 1. The number of carbonyl (C=O) groups is 1. The summed E-state index contributed by atoms with van der Waals surface area (Å²) in [4.78, 5) is 18.1. The number of thioether (sulfide) groups is 1. The summed E-state index contributed by atoms with van der Waals surface area (Å²) in [6, 6.07) is 18.1. The summed E-state index contributed by atoms with van der Waals surface area (Å²) in [5.74, 6) is 1.51. The number of fused-ring (bicyclic) bond motifs is 1. The number of amides is 1. The van der Waals surface area contributed by atoms with Crippen LogP contribution in [0.1, 0.15) is 54.9 Å². The molecule has 1 N–H and O–H groups in total. The van der Waals surface area contributed by atoms with Crippen LogP contribution in [-0.2, 0) is 5.75 Å². The summed E-state index contributed by atoms with van der Waals surface area (Å²) in [6.45, 7) is 2.25. The van der Waals surface area contributed by atoms with Gasteiger partial charge in [-0.25, -0.2) is 5.43 Å². The lowest BCUT2D eigenvalue weighted by atomic mass is 9.86. The first-order chi connectivity index (χ1) is 14.7. The molecule has 4 rings (SSSR count). The van der Waals surface area contributed by atoms with E-state index >= 15 is 0 Å². The first kappa shape index (κ1) is 20.6. The van der Waals surface area contributed by atoms with Gasteiger partial charge in [0, 0.05) is 33.5 Å². The molecule has 1 amide bonds. The fourth-order valence-electron chi connectivity index (χ4n) is 3.83. The van der Waals surface area contributed by atoms with E-state index in [9.17, 15) is 4.79 Å². The molecule has 3 aromatic rings. The minimum Gasteiger partial charge on any atom is -0.267 e. The van der Waals surface area contributed by atoms with E-state index in [1.165, 1.54) is 29.7 Å². The second kappa shape index (κ2) is 9.90. The van der Waals surface area contributed by atoms with Crippen LogP contribution in [0.3, 0.4) is 0 Å². The van der Waals surface area contributed by atoms with Crippen molar-refractivity contribution in [1.29, 1.82) is 0 Å². The Labute approximate surface area is 182 Å². The van der Waals surface area contributed by atoms with Gasteiger partial charge in [-0.2, -0.15) is 5.10 Å². The van der Waals surface area contributed by atoms with Crippen LogP contribution in [-0.4, -0.2) is 16.6 Å². The summed E-state index contributed by atoms with van der Waals surface area (Å²) in [7, 11) is 0. The van der Waals surface area contributed by atoms with Gasteiger partial charge in [-0.05, 0) is 61.4 Å². The molecular weight excluding hydrogens is 390 g/mol. The molecule has 1 aliphatic carbocycles. The van der Waals surface area contributed by atoms with Crippen LogP contribution in [0.25, 0.3) is 10.9 Å². The van der Waals surface area contributed by atoms with Crippen LogP contribution >= 0.6 is 11.8 Å². The number of hydrogen-bond donors (Lipinski definition) is 1. The SMILES string of the molecule is CCC1CCC(=NNC(=O)c2ccc(CSc3cccc4cccnc34)cc2)CC1. The van der Waals surface area contributed by atoms with Gasteiger partial charge in [-0.1, -0.05) is 43.7 Å². The minimum absolute atomic E-state index is 0.141. The molecule has 1 aliphatic rings. The molecule has 0 bridgehead atoms. The predicted molar refractivity (Wildman–Crippen MR) is 125 cm³/mol. The molecule has 5 heteroatoms. The Hall–Kier alpha value is -2.66. The molecule has 154 valence electrons. The van der Waals surface area contributed by atoms with Gasteiger partial charge in [0.05, 0.1) is 5.52 Å². The van der Waals surface area contributed by atoms with E-state index in [2.05, 4.69) is 46.7 Å². The van der Waals surface area contributed by atoms with Crippen molar-refractivity contribution in [1.82, 2.24) is 10.4 Å². The number of carbonyl (C=O) groups excluding carboxylic acids is 1. The van der Waals surface area contributed by atoms with Crippen molar-refractivity contribution in [2.24, 2.45) is 11.0 Å². The molecule has 0 aliphatic heterocycles. The quantitative estimate of drug-likeness (QED) is 0.383. The maximum Gasteiger partial charge on any atom is 0.271 e. The van der Waals surface area contributed by atoms with Gasteiger partial charge < -0.3 is 0 Å². The van der Waals surface area contributed by atoms with Gasteiger partial charge in [0.1, 0.15) is 0 Å². The summed E-state index contributed by atoms with van der Waals surface area (Å²) < 4.78 is 0. The Morgan fingerprint density at radius 3 is 2.63 bits per heavy atom. The van der Waals surface area contributed by atoms with Crippen molar-refractivity contribution in [3.05, 3.63) is 71.9 Å². The third kappa shape index (κ3) is 5.08. The van der Waals surface area contributed by atoms with Gasteiger partial charge in [0.25, 0.3) is 5.91 Å². The average molecular weight is 418 g/mol. The zero-order chi connectivity index (χ0) is 20.8. The highest BCUT2D eigenvalue weighted by atomic mass is 32.2. The Morgan fingerprint density at radius 1 is 1.10 bits per heavy atom. The molecular formula is C25H27N3OS. The van der Waals surface area contributed by atoms with Crippen LogP contribution in [0.5, 0.6) is 0 Å². The molecule has 1 aromatic heterocycles. The van der Waals surface area contributed by atoms with Crippen LogP contribution in [0.15, 0.2) is 70.8 Å². The standard InChI is InChI=1S/C25H27N3OS/c1-2-18-10-14-22(15-11-18)27-28-25(29)21-12-8-19(9-13-21)17-30-23-7-3-5-20-6-4-16-26-24(20)23/h3-9,12-13,16,18H,2,10-11,14-15,17H2,1H3,(H,28,29). The smallest absolute Gasteiger partial charge is 0.267 e. The summed E-state index contributed by atoms with van der Waals surface area (Å²) in [5, 5.41) is 5.51. The molecule has 0 unspecified atom stereocenters. The maximum absolute atomic E-state index is 12.4. The van der Waals surface area contributed by atoms with Crippen LogP contribution in [0, 0.1) is 5.92 Å². The fourth-order valence-corrected chi connectivity index (χ4v) is 4.83. The number of nitrogens with one attached hydrogen (secondary N) is 1. The molecule has 1 heterocycles. The molecule has 0 radical (unpaired) electrons. The highest BCUT2D eigenvalue weighted by molar-refractivity contribution is 7.98. The van der Waals surface area contributed by atoms with Crippen molar-refractivity contribution in [3.63, 3.8) is 0 Å². The molecule has 4 nitrogen and oxygen atoms in total. The van der Waals surface area contributed by atoms with E-state index in [0.29, 0.717) is 5.56 Å². The Morgan fingerprint density at radius 2 is 1.87 bits per heavy atom. The third-order valence-corrected chi connectivity index (χ3v) is 6.90. The number of hydrazone groups is 1. The molecule has 0 saturated heterocycles. The second-order valence-corrected chi connectivity index (χ2v) is 8.80. The van der Waals surface area contributed by atoms with Gasteiger partial charge in [0.2, 0.25) is 0 Å². The van der Waals surface area contributed by atoms with Crippen LogP contribution < -0.4 is 5.43 Å². The van der Waals surface area contributed by atoms with Crippen molar-refractivity contribution >= 4 is 34.3 Å². The zero-order valence-electron chi connectivity index (χ0n) is 17.3. The molecule has 0 atom stereocenters. The van der Waals surface area contributed by atoms with Gasteiger partial charge >= 0.3 is 0 Å². The van der Waals surface area contributed by atoms with Crippen molar-refractivity contribution < 1.29 is 4.79 Å². The van der Waals surface area contributed by atoms with Crippen LogP contribution in [0.4, 0.5) is 0 Å². The minimum atomic E-state index is -0.141. The van der Waals surface area contributed by atoms with Crippen molar-refractivity contribution in [2.75, 3.05) is 0 Å². The number of para-hydroxylation sites is 1. The monoisotopic (exact) mass is 417 g/mol. The maximum atomic E-state index is 12.4. The number of rotatable bonds is 6. The van der Waals surface area contributed by atoms with Crippen molar-refractivity contribution in [2.45, 2.75) is 49.7 Å². The van der Waals surface area contributed by atoms with E-state index in [4.69, 9.17) is 0 Å². The predicted octanol–water partition coefficient (Wildman–Crippen LogP) is 6.21. The number of nitrogens with zero attached hydrogens (tertiary/aromatic N) is 2. The van der Waals surface area contributed by atoms with E-state index in [1.807, 2.05) is 36.5 Å². The fraction of sp³-hybridized carbons (Fsp3) is 0.320. The average Bonchev–Trinajstić information content (AvgIpc) is 2.82. The van der Waals surface area contributed by atoms with Crippen LogP contribution in [0.2, 0.25) is 0 Å². The lowest BCUT2D eigenvalue weighted by Gasteiger charge is -2.21. The Kier molecular flexibility index (Phi) is 6.80. The van der Waals surface area contributed by atoms with Gasteiger partial charge in [-0.3, -0.25) is 9.78 Å². The third-order valence-electron chi connectivity index (χ3n) is 5.78. The molecule has 1 fully saturated rings. The van der Waals surface area contributed by atoms with Crippen molar-refractivity contribution in [3.8, 4) is 0 Å². The first-order valence-electron chi connectivity index (χ1n) is 10.6. The summed E-state index contributed by atoms with van der Waals surface area (Å²) in [6.07, 6.45) is 7.43. The van der Waals surface area contributed by atoms with E-state index in [1.54, 1.807) is 11.8 Å². The van der Waals surface area contributed by atoms with Gasteiger partial charge in [-0.15, -0.1) is 11.8 Å². The van der Waals surface area contributed by atoms with E-state index < -0.39 is 0 Å². The summed E-state index contributed by atoms with van der Waals surface area (Å²) >= 11 is 1.76. The lowest BCUT2D eigenvalue weighted by Crippen LogP contribution is -2.22. The Balaban J connectivity index is 1.33. The van der Waals surface area contributed by atoms with E-state index in [0.717, 1.165) is 41.1 Å². The highest BCUT2D eigenvalue weighted by Gasteiger charge is 2.16. The highest BCUT2D eigenvalue weighted by Crippen LogP contribution is 2.29. The second-order valence-electron chi connectivity index (χ2n) is 7.79. The zero-order valence-corrected chi connectivity index (χ0v) is 18.1. The molecule has 2 aromatic carbocycles. The number of benzene rings is 2. The normalized spacial score (nSPS) is 16.4. The van der Waals surface area contributed by atoms with Gasteiger partial charge in [0.15, 0.2) is 0 Å². The summed E-state index contributed by atoms with van der Waals surface area (Å²) in [5.41, 5.74) is 6.70. The molecule has 0 spiro atoms. The Bertz CT molecular complexity index is 1030. The first-order valence-corrected chi connectivity index (χ1v) is 11.6. The largest absolute Gasteiger partial charge is 0.271 e. The number of pyridine rings is 1. The number of hydrogen-bond acceptors (Lipinski definition) is 4. The molecule has 30 heavy (non-hydrogen) atoms. The van der Waals surface area contributed by atoms with E-state index in [-0.39, 0.29) is 5.91 Å².